The molecule has 0 aliphatic heterocycles. The topological polar surface area (TPSA) is 40.5 Å². The van der Waals surface area contributed by atoms with Crippen LogP contribution in [0.15, 0.2) is 0 Å². The fourth-order valence-electron chi connectivity index (χ4n) is 1.22. The Morgan fingerprint density at radius 3 is 1.55 bits per heavy atom. The van der Waals surface area contributed by atoms with Crippen molar-refractivity contribution in [2.75, 3.05) is 0 Å². The third kappa shape index (κ3) is 6.32. The van der Waals surface area contributed by atoms with Gasteiger partial charge in [0.25, 0.3) is 0 Å². The summed E-state index contributed by atoms with van der Waals surface area (Å²) in [7, 11) is 0. The van der Waals surface area contributed by atoms with Crippen molar-refractivity contribution >= 4 is 0 Å². The molecule has 0 radical (unpaired) electrons. The Labute approximate surface area is 69.2 Å². The van der Waals surface area contributed by atoms with Crippen molar-refractivity contribution in [3.05, 3.63) is 0 Å². The van der Waals surface area contributed by atoms with Crippen LogP contribution < -0.4 is 0 Å². The lowest BCUT2D eigenvalue weighted by atomic mass is 10.0. The second-order valence-corrected chi connectivity index (χ2v) is 3.12. The molecule has 0 aliphatic carbocycles. The quantitative estimate of drug-likeness (QED) is 0.621. The zero-order valence-electron chi connectivity index (χ0n) is 7.58. The third-order valence-electron chi connectivity index (χ3n) is 1.79. The molecule has 0 bridgehead atoms. The molecule has 0 spiro atoms. The van der Waals surface area contributed by atoms with Gasteiger partial charge in [-0.3, -0.25) is 0 Å². The highest BCUT2D eigenvalue weighted by Gasteiger charge is 2.09. The lowest BCUT2D eigenvalue weighted by Crippen LogP contribution is -2.16. The summed E-state index contributed by atoms with van der Waals surface area (Å²) in [5.41, 5.74) is 0. The summed E-state index contributed by atoms with van der Waals surface area (Å²) in [5, 5.41) is 18.6. The number of aliphatic hydroxyl groups excluding tert-OH is 2. The van der Waals surface area contributed by atoms with Gasteiger partial charge in [-0.1, -0.05) is 26.7 Å². The number of hydrogen-bond donors (Lipinski definition) is 2. The molecule has 2 N–H and O–H groups in total. The molecule has 11 heavy (non-hydrogen) atoms. The van der Waals surface area contributed by atoms with Crippen LogP contribution in [0.1, 0.15) is 46.0 Å². The summed E-state index contributed by atoms with van der Waals surface area (Å²) in [6.45, 7) is 4.07. The number of rotatable bonds is 6. The highest BCUT2D eigenvalue weighted by molar-refractivity contribution is 4.62. The summed E-state index contributed by atoms with van der Waals surface area (Å²) < 4.78 is 0. The van der Waals surface area contributed by atoms with E-state index in [0.717, 1.165) is 25.7 Å². The van der Waals surface area contributed by atoms with E-state index in [-0.39, 0.29) is 12.2 Å². The van der Waals surface area contributed by atoms with Crippen LogP contribution in [-0.4, -0.2) is 22.4 Å². The summed E-state index contributed by atoms with van der Waals surface area (Å²) in [5.74, 6) is 0. The molecule has 0 aliphatic rings. The van der Waals surface area contributed by atoms with E-state index in [2.05, 4.69) is 0 Å². The average Bonchev–Trinajstić information content (AvgIpc) is 1.87. The van der Waals surface area contributed by atoms with Gasteiger partial charge in [0.15, 0.2) is 0 Å². The Kier molecular flexibility index (Phi) is 6.57. The van der Waals surface area contributed by atoms with Crippen LogP contribution >= 0.6 is 0 Å². The lowest BCUT2D eigenvalue weighted by molar-refractivity contribution is 0.0703. The summed E-state index contributed by atoms with van der Waals surface area (Å²) in [6, 6.07) is 0. The Morgan fingerprint density at radius 1 is 0.909 bits per heavy atom. The highest BCUT2D eigenvalue weighted by Crippen LogP contribution is 2.08. The molecule has 2 atom stereocenters. The maximum Gasteiger partial charge on any atom is 0.0564 e. The van der Waals surface area contributed by atoms with Gasteiger partial charge in [-0.2, -0.15) is 0 Å². The molecule has 68 valence electrons. The minimum Gasteiger partial charge on any atom is -0.393 e. The maximum absolute atomic E-state index is 9.29. The second-order valence-electron chi connectivity index (χ2n) is 3.12. The monoisotopic (exact) mass is 160 g/mol. The van der Waals surface area contributed by atoms with E-state index < -0.39 is 0 Å². The summed E-state index contributed by atoms with van der Waals surface area (Å²) in [4.78, 5) is 0. The summed E-state index contributed by atoms with van der Waals surface area (Å²) >= 11 is 0. The Balaban J connectivity index is 3.32. The van der Waals surface area contributed by atoms with Gasteiger partial charge in [-0.15, -0.1) is 0 Å². The largest absolute Gasteiger partial charge is 0.393 e. The molecule has 0 rings (SSSR count). The van der Waals surface area contributed by atoms with Crippen LogP contribution in [0.3, 0.4) is 0 Å². The molecule has 0 aromatic rings. The fourth-order valence-corrected chi connectivity index (χ4v) is 1.22. The molecule has 0 heterocycles. The zero-order valence-corrected chi connectivity index (χ0v) is 7.58. The predicted octanol–water partition coefficient (Wildman–Crippen LogP) is 1.70. The van der Waals surface area contributed by atoms with E-state index in [1.54, 1.807) is 0 Å². The van der Waals surface area contributed by atoms with E-state index >= 15 is 0 Å². The van der Waals surface area contributed by atoms with Gasteiger partial charge >= 0.3 is 0 Å². The predicted molar refractivity (Wildman–Crippen MR) is 46.4 cm³/mol. The molecule has 0 aromatic carbocycles. The molecule has 0 aromatic heterocycles. The van der Waals surface area contributed by atoms with Gasteiger partial charge in [0.1, 0.15) is 0 Å². The van der Waals surface area contributed by atoms with Gasteiger partial charge in [0, 0.05) is 0 Å². The standard InChI is InChI=1S/C9H20O2/c1-3-5-8(10)7-9(11)6-4-2/h8-11H,3-7H2,1-2H3/t8-,9?/m0/s1. The van der Waals surface area contributed by atoms with Gasteiger partial charge in [-0.05, 0) is 19.3 Å². The minimum absolute atomic E-state index is 0.304. The molecule has 0 amide bonds. The van der Waals surface area contributed by atoms with Crippen LogP contribution in [0.2, 0.25) is 0 Å². The first-order valence-corrected chi connectivity index (χ1v) is 4.56. The van der Waals surface area contributed by atoms with Crippen molar-refractivity contribution in [2.45, 2.75) is 58.2 Å². The highest BCUT2D eigenvalue weighted by atomic mass is 16.3. The first-order chi connectivity index (χ1) is 5.20. The van der Waals surface area contributed by atoms with Crippen molar-refractivity contribution in [3.63, 3.8) is 0 Å². The SMILES string of the molecule is CCCC(O)C[C@@H](O)CCC. The fraction of sp³-hybridized carbons (Fsp3) is 1.00. The maximum atomic E-state index is 9.29. The van der Waals surface area contributed by atoms with Crippen molar-refractivity contribution in [1.82, 2.24) is 0 Å². The van der Waals surface area contributed by atoms with Crippen LogP contribution in [0.4, 0.5) is 0 Å². The van der Waals surface area contributed by atoms with Crippen LogP contribution in [-0.2, 0) is 0 Å². The Morgan fingerprint density at radius 2 is 1.27 bits per heavy atom. The molecular formula is C9H20O2. The first kappa shape index (κ1) is 10.9. The normalized spacial score (nSPS) is 16.4. The first-order valence-electron chi connectivity index (χ1n) is 4.56. The Hall–Kier alpha value is -0.0800. The third-order valence-corrected chi connectivity index (χ3v) is 1.79. The van der Waals surface area contributed by atoms with Crippen LogP contribution in [0.5, 0.6) is 0 Å². The lowest BCUT2D eigenvalue weighted by Gasteiger charge is -2.13. The van der Waals surface area contributed by atoms with Gasteiger partial charge in [-0.25, -0.2) is 0 Å². The van der Waals surface area contributed by atoms with E-state index in [4.69, 9.17) is 0 Å². The van der Waals surface area contributed by atoms with Gasteiger partial charge in [0.05, 0.1) is 12.2 Å². The molecule has 0 saturated heterocycles. The van der Waals surface area contributed by atoms with Crippen molar-refractivity contribution in [3.8, 4) is 0 Å². The Bertz CT molecular complexity index is 73.6. The molecule has 0 fully saturated rings. The van der Waals surface area contributed by atoms with Crippen molar-refractivity contribution in [1.29, 1.82) is 0 Å². The van der Waals surface area contributed by atoms with Gasteiger partial charge < -0.3 is 10.2 Å². The number of aliphatic hydroxyl groups is 2. The molecule has 1 unspecified atom stereocenters. The molecular weight excluding hydrogens is 140 g/mol. The van der Waals surface area contributed by atoms with E-state index in [9.17, 15) is 10.2 Å². The van der Waals surface area contributed by atoms with Crippen LogP contribution in [0, 0.1) is 0 Å². The second kappa shape index (κ2) is 6.62. The minimum atomic E-state index is -0.304. The summed E-state index contributed by atoms with van der Waals surface area (Å²) in [6.07, 6.45) is 3.52. The molecule has 2 heteroatoms. The average molecular weight is 160 g/mol. The van der Waals surface area contributed by atoms with E-state index in [1.165, 1.54) is 0 Å². The van der Waals surface area contributed by atoms with E-state index in [1.807, 2.05) is 13.8 Å². The number of hydrogen-bond acceptors (Lipinski definition) is 2. The zero-order chi connectivity index (χ0) is 8.69. The molecule has 0 saturated carbocycles. The van der Waals surface area contributed by atoms with Crippen molar-refractivity contribution in [2.24, 2.45) is 0 Å². The smallest absolute Gasteiger partial charge is 0.0564 e. The van der Waals surface area contributed by atoms with E-state index in [0.29, 0.717) is 6.42 Å². The van der Waals surface area contributed by atoms with Crippen molar-refractivity contribution < 1.29 is 10.2 Å². The molecule has 2 nitrogen and oxygen atoms in total. The van der Waals surface area contributed by atoms with Gasteiger partial charge in [0.2, 0.25) is 0 Å². The van der Waals surface area contributed by atoms with Crippen LogP contribution in [0.25, 0.3) is 0 Å².